The molecule has 0 bridgehead atoms. The smallest absolute Gasteiger partial charge is 0.0643 e. The van der Waals surface area contributed by atoms with E-state index in [1.807, 2.05) is 20.8 Å². The van der Waals surface area contributed by atoms with E-state index in [-0.39, 0.29) is 5.92 Å². The topological polar surface area (TPSA) is 40.5 Å². The Bertz CT molecular complexity index is 131. The van der Waals surface area contributed by atoms with Crippen molar-refractivity contribution in [2.45, 2.75) is 58.7 Å². The first-order valence-electron chi connectivity index (χ1n) is 4.60. The summed E-state index contributed by atoms with van der Waals surface area (Å²) in [6, 6.07) is 0. The molecule has 2 heteroatoms. The molecule has 1 atom stereocenters. The van der Waals surface area contributed by atoms with Crippen molar-refractivity contribution in [3.63, 3.8) is 0 Å². The molecule has 0 aromatic heterocycles. The second kappa shape index (κ2) is 3.75. The summed E-state index contributed by atoms with van der Waals surface area (Å²) in [5, 5.41) is 19.3. The fraction of sp³-hybridized carbons (Fsp3) is 1.00. The second-order valence-corrected chi connectivity index (χ2v) is 4.82. The van der Waals surface area contributed by atoms with E-state index in [9.17, 15) is 10.2 Å². The minimum absolute atomic E-state index is 0.236. The Kier molecular flexibility index (Phi) is 3.73. The van der Waals surface area contributed by atoms with E-state index in [1.54, 1.807) is 13.8 Å². The number of hydrogen-bond acceptors (Lipinski definition) is 2. The Morgan fingerprint density at radius 2 is 1.42 bits per heavy atom. The standard InChI is InChI=1S/C10H22O2/c1-8(2)10(5,12)7-6-9(3,4)11/h8,11-12H,6-7H2,1-5H3. The van der Waals surface area contributed by atoms with Gasteiger partial charge in [-0.25, -0.2) is 0 Å². The van der Waals surface area contributed by atoms with Gasteiger partial charge >= 0.3 is 0 Å². The lowest BCUT2D eigenvalue weighted by Gasteiger charge is -2.30. The molecule has 0 saturated heterocycles. The predicted molar refractivity (Wildman–Crippen MR) is 51.0 cm³/mol. The van der Waals surface area contributed by atoms with E-state index < -0.39 is 11.2 Å². The highest BCUT2D eigenvalue weighted by Crippen LogP contribution is 2.25. The average Bonchev–Trinajstić information content (AvgIpc) is 1.82. The minimum Gasteiger partial charge on any atom is -0.390 e. The molecule has 0 heterocycles. The number of aliphatic hydroxyl groups is 2. The largest absolute Gasteiger partial charge is 0.390 e. The van der Waals surface area contributed by atoms with Crippen molar-refractivity contribution in [1.29, 1.82) is 0 Å². The molecule has 2 nitrogen and oxygen atoms in total. The summed E-state index contributed by atoms with van der Waals surface area (Å²) >= 11 is 0. The van der Waals surface area contributed by atoms with Crippen molar-refractivity contribution in [1.82, 2.24) is 0 Å². The van der Waals surface area contributed by atoms with Crippen LogP contribution in [-0.2, 0) is 0 Å². The molecule has 0 saturated carbocycles. The van der Waals surface area contributed by atoms with Crippen molar-refractivity contribution < 1.29 is 10.2 Å². The summed E-state index contributed by atoms with van der Waals surface area (Å²) in [6.07, 6.45) is 1.28. The molecule has 0 amide bonds. The van der Waals surface area contributed by atoms with E-state index in [2.05, 4.69) is 0 Å². The summed E-state index contributed by atoms with van der Waals surface area (Å²) in [5.41, 5.74) is -1.32. The predicted octanol–water partition coefficient (Wildman–Crippen LogP) is 1.94. The van der Waals surface area contributed by atoms with Gasteiger partial charge in [0.15, 0.2) is 0 Å². The monoisotopic (exact) mass is 174 g/mol. The molecule has 0 aromatic rings. The lowest BCUT2D eigenvalue weighted by atomic mass is 9.85. The molecule has 0 aliphatic carbocycles. The SMILES string of the molecule is CC(C)C(C)(O)CCC(C)(C)O. The molecule has 0 spiro atoms. The van der Waals surface area contributed by atoms with Gasteiger partial charge in [-0.1, -0.05) is 13.8 Å². The van der Waals surface area contributed by atoms with Crippen molar-refractivity contribution in [2.75, 3.05) is 0 Å². The first-order chi connectivity index (χ1) is 5.15. The molecular formula is C10H22O2. The first-order valence-corrected chi connectivity index (χ1v) is 4.60. The molecular weight excluding hydrogens is 152 g/mol. The van der Waals surface area contributed by atoms with Gasteiger partial charge < -0.3 is 10.2 Å². The van der Waals surface area contributed by atoms with Crippen LogP contribution >= 0.6 is 0 Å². The maximum absolute atomic E-state index is 9.84. The zero-order chi connectivity index (χ0) is 9.99. The Balaban J connectivity index is 3.93. The van der Waals surface area contributed by atoms with Gasteiger partial charge in [0, 0.05) is 0 Å². The summed E-state index contributed by atoms with van der Waals surface area (Å²) in [4.78, 5) is 0. The van der Waals surface area contributed by atoms with Crippen LogP contribution in [0, 0.1) is 5.92 Å². The van der Waals surface area contributed by atoms with E-state index in [0.29, 0.717) is 12.8 Å². The molecule has 0 aliphatic rings. The van der Waals surface area contributed by atoms with Crippen LogP contribution < -0.4 is 0 Å². The lowest BCUT2D eigenvalue weighted by Crippen LogP contribution is -2.34. The second-order valence-electron chi connectivity index (χ2n) is 4.82. The molecule has 0 aliphatic heterocycles. The average molecular weight is 174 g/mol. The molecule has 74 valence electrons. The molecule has 0 rings (SSSR count). The van der Waals surface area contributed by atoms with Crippen LogP contribution in [0.3, 0.4) is 0 Å². The van der Waals surface area contributed by atoms with Crippen LogP contribution in [0.5, 0.6) is 0 Å². The van der Waals surface area contributed by atoms with E-state index in [1.165, 1.54) is 0 Å². The highest BCUT2D eigenvalue weighted by atomic mass is 16.3. The molecule has 0 radical (unpaired) electrons. The summed E-state index contributed by atoms with van der Waals surface area (Å²) < 4.78 is 0. The van der Waals surface area contributed by atoms with Crippen LogP contribution in [-0.4, -0.2) is 21.4 Å². The van der Waals surface area contributed by atoms with Crippen molar-refractivity contribution in [3.8, 4) is 0 Å². The van der Waals surface area contributed by atoms with Crippen molar-refractivity contribution in [2.24, 2.45) is 5.92 Å². The molecule has 2 N–H and O–H groups in total. The normalized spacial score (nSPS) is 18.0. The fourth-order valence-corrected chi connectivity index (χ4v) is 0.848. The van der Waals surface area contributed by atoms with Gasteiger partial charge in [-0.2, -0.15) is 0 Å². The van der Waals surface area contributed by atoms with Gasteiger partial charge in [0.1, 0.15) is 0 Å². The van der Waals surface area contributed by atoms with Gasteiger partial charge in [-0.15, -0.1) is 0 Å². The highest BCUT2D eigenvalue weighted by Gasteiger charge is 2.27. The van der Waals surface area contributed by atoms with Gasteiger partial charge in [0.25, 0.3) is 0 Å². The first kappa shape index (κ1) is 11.9. The zero-order valence-corrected chi connectivity index (χ0v) is 8.89. The van der Waals surface area contributed by atoms with Gasteiger partial charge in [0.05, 0.1) is 11.2 Å². The highest BCUT2D eigenvalue weighted by molar-refractivity contribution is 4.79. The number of hydrogen-bond donors (Lipinski definition) is 2. The Morgan fingerprint density at radius 3 is 1.67 bits per heavy atom. The van der Waals surface area contributed by atoms with Gasteiger partial charge in [-0.3, -0.25) is 0 Å². The lowest BCUT2D eigenvalue weighted by molar-refractivity contribution is -0.0230. The fourth-order valence-electron chi connectivity index (χ4n) is 0.848. The third kappa shape index (κ3) is 4.73. The third-order valence-corrected chi connectivity index (χ3v) is 2.49. The zero-order valence-electron chi connectivity index (χ0n) is 8.89. The van der Waals surface area contributed by atoms with E-state index in [0.717, 1.165) is 0 Å². The Labute approximate surface area is 75.6 Å². The van der Waals surface area contributed by atoms with E-state index in [4.69, 9.17) is 0 Å². The summed E-state index contributed by atoms with van der Waals surface area (Å²) in [7, 11) is 0. The Hall–Kier alpha value is -0.0800. The molecule has 12 heavy (non-hydrogen) atoms. The maximum atomic E-state index is 9.84. The van der Waals surface area contributed by atoms with Crippen molar-refractivity contribution in [3.05, 3.63) is 0 Å². The maximum Gasteiger partial charge on any atom is 0.0643 e. The van der Waals surface area contributed by atoms with Gasteiger partial charge in [0.2, 0.25) is 0 Å². The van der Waals surface area contributed by atoms with Crippen LogP contribution in [0.1, 0.15) is 47.5 Å². The number of rotatable bonds is 4. The Morgan fingerprint density at radius 1 is 1.00 bits per heavy atom. The minimum atomic E-state index is -0.668. The molecule has 1 unspecified atom stereocenters. The van der Waals surface area contributed by atoms with Crippen LogP contribution in [0.2, 0.25) is 0 Å². The summed E-state index contributed by atoms with van der Waals surface area (Å²) in [5.74, 6) is 0.236. The van der Waals surface area contributed by atoms with Crippen LogP contribution in [0.25, 0.3) is 0 Å². The van der Waals surface area contributed by atoms with Crippen molar-refractivity contribution >= 4 is 0 Å². The van der Waals surface area contributed by atoms with Gasteiger partial charge in [-0.05, 0) is 39.5 Å². The molecule has 0 fully saturated rings. The molecule has 0 aromatic carbocycles. The summed E-state index contributed by atoms with van der Waals surface area (Å²) in [6.45, 7) is 9.34. The third-order valence-electron chi connectivity index (χ3n) is 2.49. The quantitative estimate of drug-likeness (QED) is 0.684. The van der Waals surface area contributed by atoms with Crippen LogP contribution in [0.4, 0.5) is 0 Å². The van der Waals surface area contributed by atoms with Crippen LogP contribution in [0.15, 0.2) is 0 Å². The van der Waals surface area contributed by atoms with E-state index >= 15 is 0 Å².